The number of carbonyl (C=O) groups excluding carboxylic acids is 2. The Morgan fingerprint density at radius 1 is 0.750 bits per heavy atom. The molecule has 0 spiro atoms. The predicted molar refractivity (Wildman–Crippen MR) is 126 cm³/mol. The lowest BCUT2D eigenvalue weighted by Crippen LogP contribution is -2.48. The zero-order chi connectivity index (χ0) is 22.3. The first-order chi connectivity index (χ1) is 15.6. The molecule has 6 nitrogen and oxygen atoms in total. The molecule has 0 unspecified atom stereocenters. The minimum absolute atomic E-state index is 0.0622. The molecule has 0 saturated carbocycles. The minimum Gasteiger partial charge on any atom is -0.372 e. The highest BCUT2D eigenvalue weighted by atomic mass is 19.1. The van der Waals surface area contributed by atoms with Crippen molar-refractivity contribution < 1.29 is 14.0 Å². The lowest BCUT2D eigenvalue weighted by molar-refractivity contribution is -0.131. The smallest absolute Gasteiger partial charge is 0.224 e. The molecule has 2 heterocycles. The second kappa shape index (κ2) is 10.5. The first-order valence-corrected chi connectivity index (χ1v) is 11.5. The van der Waals surface area contributed by atoms with Crippen LogP contribution in [0.5, 0.6) is 0 Å². The summed E-state index contributed by atoms with van der Waals surface area (Å²) in [6.07, 6.45) is 3.71. The number of hydrogen-bond donors (Lipinski definition) is 1. The van der Waals surface area contributed by atoms with Gasteiger partial charge in [0.1, 0.15) is 5.82 Å². The van der Waals surface area contributed by atoms with Crippen LogP contribution in [-0.4, -0.2) is 56.0 Å². The predicted octanol–water partition coefficient (Wildman–Crippen LogP) is 3.88. The van der Waals surface area contributed by atoms with Gasteiger partial charge in [-0.3, -0.25) is 9.59 Å². The standard InChI is InChI=1S/C25H31FN4O2/c26-20-6-10-22(11-7-20)29-16-18-30(19-17-29)25(32)5-3-4-24(31)27-21-8-12-23(13-9-21)28-14-1-2-15-28/h6-13H,1-5,14-19H2,(H,27,31). The number of hydrogen-bond acceptors (Lipinski definition) is 4. The van der Waals surface area contributed by atoms with Gasteiger partial charge in [-0.05, 0) is 67.8 Å². The molecule has 32 heavy (non-hydrogen) atoms. The van der Waals surface area contributed by atoms with Crippen LogP contribution in [0.1, 0.15) is 32.1 Å². The summed E-state index contributed by atoms with van der Waals surface area (Å²) in [6, 6.07) is 14.4. The third-order valence-corrected chi connectivity index (χ3v) is 6.24. The Balaban J connectivity index is 1.15. The van der Waals surface area contributed by atoms with E-state index in [1.54, 1.807) is 12.1 Å². The molecule has 2 saturated heterocycles. The van der Waals surface area contributed by atoms with Crippen molar-refractivity contribution in [3.05, 3.63) is 54.3 Å². The Kier molecular flexibility index (Phi) is 7.24. The number of piperazine rings is 1. The Morgan fingerprint density at radius 2 is 1.31 bits per heavy atom. The average Bonchev–Trinajstić information content (AvgIpc) is 3.35. The van der Waals surface area contributed by atoms with Gasteiger partial charge in [0.05, 0.1) is 0 Å². The average molecular weight is 439 g/mol. The van der Waals surface area contributed by atoms with Crippen LogP contribution in [0, 0.1) is 5.82 Å². The number of halogens is 1. The van der Waals surface area contributed by atoms with Crippen LogP contribution in [-0.2, 0) is 9.59 Å². The molecule has 0 radical (unpaired) electrons. The highest BCUT2D eigenvalue weighted by Gasteiger charge is 2.21. The maximum absolute atomic E-state index is 13.1. The molecule has 2 aromatic carbocycles. The fraction of sp³-hybridized carbons (Fsp3) is 0.440. The van der Waals surface area contributed by atoms with E-state index in [9.17, 15) is 14.0 Å². The van der Waals surface area contributed by atoms with E-state index in [1.165, 1.54) is 30.7 Å². The van der Waals surface area contributed by atoms with Crippen LogP contribution in [0.3, 0.4) is 0 Å². The monoisotopic (exact) mass is 438 g/mol. The van der Waals surface area contributed by atoms with Crippen molar-refractivity contribution in [1.29, 1.82) is 0 Å². The summed E-state index contributed by atoms with van der Waals surface area (Å²) in [5, 5.41) is 2.93. The zero-order valence-corrected chi connectivity index (χ0v) is 18.4. The molecule has 7 heteroatoms. The van der Waals surface area contributed by atoms with Crippen molar-refractivity contribution in [2.45, 2.75) is 32.1 Å². The molecule has 0 aromatic heterocycles. The second-order valence-corrected chi connectivity index (χ2v) is 8.49. The first-order valence-electron chi connectivity index (χ1n) is 11.5. The van der Waals surface area contributed by atoms with E-state index in [-0.39, 0.29) is 17.6 Å². The summed E-state index contributed by atoms with van der Waals surface area (Å²) in [6.45, 7) is 4.94. The number of nitrogens with zero attached hydrogens (tertiary/aromatic N) is 3. The van der Waals surface area contributed by atoms with Gasteiger partial charge in [0.25, 0.3) is 0 Å². The maximum atomic E-state index is 13.1. The summed E-state index contributed by atoms with van der Waals surface area (Å²) in [5.41, 5.74) is 2.97. The molecule has 2 aliphatic heterocycles. The highest BCUT2D eigenvalue weighted by molar-refractivity contribution is 5.91. The lowest BCUT2D eigenvalue weighted by Gasteiger charge is -2.36. The SMILES string of the molecule is O=C(CCCC(=O)N1CCN(c2ccc(F)cc2)CC1)Nc1ccc(N2CCCC2)cc1. The molecule has 2 aliphatic rings. The van der Waals surface area contributed by atoms with Crippen molar-refractivity contribution in [2.75, 3.05) is 54.4 Å². The third-order valence-electron chi connectivity index (χ3n) is 6.24. The van der Waals surface area contributed by atoms with Crippen LogP contribution in [0.15, 0.2) is 48.5 Å². The number of carbonyl (C=O) groups is 2. The molecule has 2 fully saturated rings. The normalized spacial score (nSPS) is 16.3. The van der Waals surface area contributed by atoms with Crippen LogP contribution in [0.2, 0.25) is 0 Å². The molecular formula is C25H31FN4O2. The Bertz CT molecular complexity index is 903. The van der Waals surface area contributed by atoms with Gasteiger partial charge in [0.2, 0.25) is 11.8 Å². The van der Waals surface area contributed by atoms with Gasteiger partial charge >= 0.3 is 0 Å². The van der Waals surface area contributed by atoms with Gasteiger partial charge in [0.15, 0.2) is 0 Å². The molecular weight excluding hydrogens is 407 g/mol. The molecule has 2 amide bonds. The number of amides is 2. The summed E-state index contributed by atoms with van der Waals surface area (Å²) in [5.74, 6) is -0.218. The van der Waals surface area contributed by atoms with E-state index in [0.717, 1.165) is 37.6 Å². The summed E-state index contributed by atoms with van der Waals surface area (Å²) in [7, 11) is 0. The van der Waals surface area contributed by atoms with Crippen molar-refractivity contribution in [1.82, 2.24) is 4.90 Å². The van der Waals surface area contributed by atoms with E-state index in [1.807, 2.05) is 17.0 Å². The van der Waals surface area contributed by atoms with Gasteiger partial charge in [-0.2, -0.15) is 0 Å². The Labute approximate surface area is 189 Å². The summed E-state index contributed by atoms with van der Waals surface area (Å²) in [4.78, 5) is 31.1. The van der Waals surface area contributed by atoms with Gasteiger partial charge in [-0.15, -0.1) is 0 Å². The van der Waals surface area contributed by atoms with E-state index >= 15 is 0 Å². The van der Waals surface area contributed by atoms with Crippen molar-refractivity contribution >= 4 is 28.9 Å². The molecule has 2 aromatic rings. The lowest BCUT2D eigenvalue weighted by atomic mass is 10.2. The molecule has 0 aliphatic carbocycles. The van der Waals surface area contributed by atoms with Crippen LogP contribution < -0.4 is 15.1 Å². The van der Waals surface area contributed by atoms with E-state index in [2.05, 4.69) is 27.2 Å². The highest BCUT2D eigenvalue weighted by Crippen LogP contribution is 2.22. The quantitative estimate of drug-likeness (QED) is 0.713. The topological polar surface area (TPSA) is 55.9 Å². The van der Waals surface area contributed by atoms with E-state index in [4.69, 9.17) is 0 Å². The molecule has 0 atom stereocenters. The van der Waals surface area contributed by atoms with Crippen LogP contribution >= 0.6 is 0 Å². The molecule has 170 valence electrons. The van der Waals surface area contributed by atoms with Gasteiger partial charge < -0.3 is 20.0 Å². The fourth-order valence-electron chi connectivity index (χ4n) is 4.38. The minimum atomic E-state index is -0.245. The van der Waals surface area contributed by atoms with Gasteiger partial charge in [-0.1, -0.05) is 0 Å². The molecule has 4 rings (SSSR count). The summed E-state index contributed by atoms with van der Waals surface area (Å²) >= 11 is 0. The van der Waals surface area contributed by atoms with Gasteiger partial charge in [-0.25, -0.2) is 4.39 Å². The number of anilines is 3. The Hall–Kier alpha value is -3.09. The van der Waals surface area contributed by atoms with E-state index < -0.39 is 0 Å². The van der Waals surface area contributed by atoms with E-state index in [0.29, 0.717) is 32.4 Å². The van der Waals surface area contributed by atoms with Crippen molar-refractivity contribution in [3.63, 3.8) is 0 Å². The number of rotatable bonds is 7. The number of nitrogens with one attached hydrogen (secondary N) is 1. The third kappa shape index (κ3) is 5.78. The first kappa shape index (κ1) is 22.1. The molecule has 0 bridgehead atoms. The fourth-order valence-corrected chi connectivity index (χ4v) is 4.38. The largest absolute Gasteiger partial charge is 0.372 e. The number of benzene rings is 2. The zero-order valence-electron chi connectivity index (χ0n) is 18.4. The van der Waals surface area contributed by atoms with Crippen LogP contribution in [0.25, 0.3) is 0 Å². The van der Waals surface area contributed by atoms with Crippen molar-refractivity contribution in [3.8, 4) is 0 Å². The molecule has 1 N–H and O–H groups in total. The Morgan fingerprint density at radius 3 is 1.94 bits per heavy atom. The van der Waals surface area contributed by atoms with Crippen molar-refractivity contribution in [2.24, 2.45) is 0 Å². The van der Waals surface area contributed by atoms with Gasteiger partial charge in [0, 0.05) is 69.2 Å². The maximum Gasteiger partial charge on any atom is 0.224 e. The second-order valence-electron chi connectivity index (χ2n) is 8.49. The summed E-state index contributed by atoms with van der Waals surface area (Å²) < 4.78 is 13.1. The van der Waals surface area contributed by atoms with Crippen LogP contribution in [0.4, 0.5) is 21.5 Å².